The van der Waals surface area contributed by atoms with Crippen LogP contribution in [0.5, 0.6) is 5.75 Å². The second-order valence-electron chi connectivity index (χ2n) is 3.38. The van der Waals surface area contributed by atoms with Crippen LogP contribution in [0.25, 0.3) is 0 Å². The van der Waals surface area contributed by atoms with Gasteiger partial charge in [-0.15, -0.1) is 0 Å². The zero-order chi connectivity index (χ0) is 8.72. The lowest BCUT2D eigenvalue weighted by molar-refractivity contribution is 0.464. The number of hydrogen-bond acceptors (Lipinski definition) is 1. The van der Waals surface area contributed by atoms with Crippen molar-refractivity contribution >= 4 is 11.6 Å². The molecule has 1 nitrogen and oxygen atoms in total. The van der Waals surface area contributed by atoms with Crippen molar-refractivity contribution in [2.24, 2.45) is 0 Å². The van der Waals surface area contributed by atoms with Gasteiger partial charge in [-0.05, 0) is 37.3 Å². The van der Waals surface area contributed by atoms with Crippen molar-refractivity contribution in [1.29, 1.82) is 0 Å². The van der Waals surface area contributed by atoms with Crippen molar-refractivity contribution in [2.75, 3.05) is 0 Å². The van der Waals surface area contributed by atoms with Gasteiger partial charge < -0.3 is 5.11 Å². The Kier molecular flexibility index (Phi) is 1.76. The molecular weight excluding hydrogens is 172 g/mol. The van der Waals surface area contributed by atoms with Crippen LogP contribution >= 0.6 is 11.6 Å². The molecule has 64 valence electrons. The summed E-state index contributed by atoms with van der Waals surface area (Å²) in [6.07, 6.45) is 2.41. The van der Waals surface area contributed by atoms with Gasteiger partial charge in [-0.1, -0.05) is 17.7 Å². The fourth-order valence-electron chi connectivity index (χ4n) is 1.42. The van der Waals surface area contributed by atoms with Gasteiger partial charge in [0, 0.05) is 10.6 Å². The highest BCUT2D eigenvalue weighted by atomic mass is 35.5. The van der Waals surface area contributed by atoms with Gasteiger partial charge in [0.15, 0.2) is 0 Å². The van der Waals surface area contributed by atoms with E-state index in [0.717, 1.165) is 11.1 Å². The van der Waals surface area contributed by atoms with Crippen LogP contribution in [0.15, 0.2) is 12.1 Å². The molecule has 0 atom stereocenters. The van der Waals surface area contributed by atoms with Gasteiger partial charge in [-0.2, -0.15) is 0 Å². The molecule has 0 aliphatic heterocycles. The normalized spacial score (nSPS) is 16.5. The Morgan fingerprint density at radius 2 is 2.08 bits per heavy atom. The van der Waals surface area contributed by atoms with Gasteiger partial charge in [0.2, 0.25) is 0 Å². The quantitative estimate of drug-likeness (QED) is 0.707. The number of benzene rings is 1. The lowest BCUT2D eigenvalue weighted by Crippen LogP contribution is -1.85. The van der Waals surface area contributed by atoms with E-state index < -0.39 is 0 Å². The van der Waals surface area contributed by atoms with Crippen LogP contribution in [0.4, 0.5) is 0 Å². The standard InChI is InChI=1S/C10H11ClO/c1-6-9(11)5-4-8(10(6)12)7-2-3-7/h4-5,7,12H,2-3H2,1H3. The first kappa shape index (κ1) is 7.93. The van der Waals surface area contributed by atoms with Crippen LogP contribution in [0.2, 0.25) is 5.02 Å². The van der Waals surface area contributed by atoms with E-state index in [2.05, 4.69) is 0 Å². The van der Waals surface area contributed by atoms with Crippen molar-refractivity contribution in [1.82, 2.24) is 0 Å². The van der Waals surface area contributed by atoms with Gasteiger partial charge >= 0.3 is 0 Å². The molecule has 1 fully saturated rings. The van der Waals surface area contributed by atoms with Crippen LogP contribution in [0.3, 0.4) is 0 Å². The van der Waals surface area contributed by atoms with E-state index in [-0.39, 0.29) is 0 Å². The average Bonchev–Trinajstić information content (AvgIpc) is 2.84. The molecule has 0 bridgehead atoms. The molecule has 0 heterocycles. The monoisotopic (exact) mass is 182 g/mol. The Morgan fingerprint density at radius 3 is 2.67 bits per heavy atom. The number of halogens is 1. The summed E-state index contributed by atoms with van der Waals surface area (Å²) in [4.78, 5) is 0. The zero-order valence-corrected chi connectivity index (χ0v) is 7.73. The molecule has 2 heteroatoms. The second kappa shape index (κ2) is 2.67. The highest BCUT2D eigenvalue weighted by Crippen LogP contribution is 2.45. The first-order chi connectivity index (χ1) is 5.70. The van der Waals surface area contributed by atoms with E-state index >= 15 is 0 Å². The van der Waals surface area contributed by atoms with Crippen LogP contribution in [0.1, 0.15) is 29.9 Å². The van der Waals surface area contributed by atoms with Crippen LogP contribution in [-0.2, 0) is 0 Å². The fourth-order valence-corrected chi connectivity index (χ4v) is 1.57. The Bertz CT molecular complexity index is 316. The fraction of sp³-hybridized carbons (Fsp3) is 0.400. The molecule has 12 heavy (non-hydrogen) atoms. The lowest BCUT2D eigenvalue weighted by atomic mass is 10.1. The summed E-state index contributed by atoms with van der Waals surface area (Å²) in [5.74, 6) is 0.978. The minimum absolute atomic E-state index is 0.394. The van der Waals surface area contributed by atoms with E-state index in [1.807, 2.05) is 19.1 Å². The molecule has 0 spiro atoms. The number of hydrogen-bond donors (Lipinski definition) is 1. The van der Waals surface area contributed by atoms with Gasteiger partial charge in [-0.3, -0.25) is 0 Å². The highest BCUT2D eigenvalue weighted by molar-refractivity contribution is 6.31. The van der Waals surface area contributed by atoms with Gasteiger partial charge in [0.1, 0.15) is 5.75 Å². The molecule has 1 aliphatic rings. The lowest BCUT2D eigenvalue weighted by Gasteiger charge is -2.06. The van der Waals surface area contributed by atoms with Crippen molar-refractivity contribution in [3.05, 3.63) is 28.3 Å². The Hall–Kier alpha value is -0.690. The summed E-state index contributed by atoms with van der Waals surface area (Å²) in [5, 5.41) is 10.4. The third kappa shape index (κ3) is 1.18. The number of phenolic OH excluding ortho intramolecular Hbond substituents is 1. The minimum atomic E-state index is 0.394. The Morgan fingerprint density at radius 1 is 1.42 bits per heavy atom. The number of phenols is 1. The van der Waals surface area contributed by atoms with Crippen LogP contribution in [-0.4, -0.2) is 5.11 Å². The van der Waals surface area contributed by atoms with E-state index in [4.69, 9.17) is 11.6 Å². The van der Waals surface area contributed by atoms with Crippen molar-refractivity contribution in [2.45, 2.75) is 25.7 Å². The molecule has 2 rings (SSSR count). The van der Waals surface area contributed by atoms with Crippen molar-refractivity contribution in [3.8, 4) is 5.75 Å². The number of rotatable bonds is 1. The van der Waals surface area contributed by atoms with Crippen LogP contribution < -0.4 is 0 Å². The zero-order valence-electron chi connectivity index (χ0n) is 6.97. The van der Waals surface area contributed by atoms with Gasteiger partial charge in [0.05, 0.1) is 0 Å². The van der Waals surface area contributed by atoms with E-state index in [9.17, 15) is 5.11 Å². The summed E-state index contributed by atoms with van der Waals surface area (Å²) < 4.78 is 0. The largest absolute Gasteiger partial charge is 0.507 e. The van der Waals surface area contributed by atoms with Crippen LogP contribution in [0, 0.1) is 6.92 Å². The van der Waals surface area contributed by atoms with Gasteiger partial charge in [-0.25, -0.2) is 0 Å². The summed E-state index contributed by atoms with van der Waals surface area (Å²) in [6, 6.07) is 3.80. The SMILES string of the molecule is Cc1c(Cl)ccc(C2CC2)c1O. The minimum Gasteiger partial charge on any atom is -0.507 e. The molecule has 1 aromatic carbocycles. The van der Waals surface area contributed by atoms with Gasteiger partial charge in [0.25, 0.3) is 0 Å². The smallest absolute Gasteiger partial charge is 0.123 e. The maximum Gasteiger partial charge on any atom is 0.123 e. The third-order valence-corrected chi connectivity index (χ3v) is 2.82. The van der Waals surface area contributed by atoms with Crippen molar-refractivity contribution in [3.63, 3.8) is 0 Å². The number of aromatic hydroxyl groups is 1. The Balaban J connectivity index is 2.49. The molecule has 0 aromatic heterocycles. The summed E-state index contributed by atoms with van der Waals surface area (Å²) in [7, 11) is 0. The molecule has 0 saturated heterocycles. The average molecular weight is 183 g/mol. The predicted octanol–water partition coefficient (Wildman–Crippen LogP) is 3.23. The first-order valence-electron chi connectivity index (χ1n) is 4.18. The predicted molar refractivity (Wildman–Crippen MR) is 49.8 cm³/mol. The summed E-state index contributed by atoms with van der Waals surface area (Å²) in [6.45, 7) is 1.85. The summed E-state index contributed by atoms with van der Waals surface area (Å²) >= 11 is 5.85. The highest BCUT2D eigenvalue weighted by Gasteiger charge is 2.27. The van der Waals surface area contributed by atoms with E-state index in [1.165, 1.54) is 12.8 Å². The first-order valence-corrected chi connectivity index (χ1v) is 4.56. The molecule has 1 N–H and O–H groups in total. The maximum absolute atomic E-state index is 9.70. The third-order valence-electron chi connectivity index (χ3n) is 2.41. The molecule has 0 amide bonds. The topological polar surface area (TPSA) is 20.2 Å². The molecule has 1 aromatic rings. The maximum atomic E-state index is 9.70. The molecular formula is C10H11ClO. The molecule has 1 aliphatic carbocycles. The Labute approximate surface area is 77.0 Å². The molecule has 0 radical (unpaired) electrons. The molecule has 1 saturated carbocycles. The van der Waals surface area contributed by atoms with E-state index in [1.54, 1.807) is 0 Å². The summed E-state index contributed by atoms with van der Waals surface area (Å²) in [5.41, 5.74) is 1.87. The van der Waals surface area contributed by atoms with Crippen molar-refractivity contribution < 1.29 is 5.11 Å². The second-order valence-corrected chi connectivity index (χ2v) is 3.79. The van der Waals surface area contributed by atoms with E-state index in [0.29, 0.717) is 16.7 Å². The molecule has 0 unspecified atom stereocenters.